The van der Waals surface area contributed by atoms with E-state index in [4.69, 9.17) is 0 Å². The molecule has 1 atom stereocenters. The first-order chi connectivity index (χ1) is 5.47. The molecular weight excluding hydrogens is 158 g/mol. The summed E-state index contributed by atoms with van der Waals surface area (Å²) in [5.74, 6) is -1.13. The van der Waals surface area contributed by atoms with Crippen molar-refractivity contribution in [3.8, 4) is 0 Å². The molecule has 0 saturated carbocycles. The molecule has 0 radical (unpaired) electrons. The zero-order valence-corrected chi connectivity index (χ0v) is 7.09. The maximum Gasteiger partial charge on any atom is 0.231 e. The summed E-state index contributed by atoms with van der Waals surface area (Å²) in [5.41, 5.74) is -0.740. The van der Waals surface area contributed by atoms with Crippen molar-refractivity contribution >= 4 is 18.1 Å². The molecule has 12 heavy (non-hydrogen) atoms. The van der Waals surface area contributed by atoms with E-state index in [1.807, 2.05) is 0 Å². The van der Waals surface area contributed by atoms with Gasteiger partial charge in [-0.3, -0.25) is 14.9 Å². The van der Waals surface area contributed by atoms with E-state index in [0.717, 1.165) is 6.29 Å². The van der Waals surface area contributed by atoms with E-state index in [1.54, 1.807) is 13.8 Å². The maximum absolute atomic E-state index is 11.1. The minimum atomic E-state index is -0.740. The average molecular weight is 169 g/mol. The molecule has 1 unspecified atom stereocenters. The molecule has 0 aromatic carbocycles. The van der Waals surface area contributed by atoms with Crippen molar-refractivity contribution in [2.45, 2.75) is 20.3 Å². The number of amides is 2. The van der Waals surface area contributed by atoms with E-state index in [-0.39, 0.29) is 18.2 Å². The minimum Gasteiger partial charge on any atom is -0.303 e. The second-order valence-corrected chi connectivity index (χ2v) is 3.61. The lowest BCUT2D eigenvalue weighted by atomic mass is 9.79. The molecule has 66 valence electrons. The van der Waals surface area contributed by atoms with Gasteiger partial charge in [0.25, 0.3) is 0 Å². The highest BCUT2D eigenvalue weighted by molar-refractivity contribution is 6.04. The van der Waals surface area contributed by atoms with Crippen LogP contribution in [-0.2, 0) is 14.4 Å². The van der Waals surface area contributed by atoms with E-state index < -0.39 is 11.3 Å². The number of hydrogen-bond donors (Lipinski definition) is 1. The Bertz CT molecular complexity index is 245. The van der Waals surface area contributed by atoms with E-state index >= 15 is 0 Å². The second kappa shape index (κ2) is 2.69. The topological polar surface area (TPSA) is 63.2 Å². The molecule has 1 saturated heterocycles. The lowest BCUT2D eigenvalue weighted by Crippen LogP contribution is -2.32. The third-order valence-corrected chi connectivity index (χ3v) is 2.17. The number of carbonyl (C=O) groups excluding carboxylic acids is 3. The molecule has 0 aliphatic carbocycles. The van der Waals surface area contributed by atoms with Gasteiger partial charge in [-0.15, -0.1) is 0 Å². The molecule has 0 aromatic rings. The van der Waals surface area contributed by atoms with Crippen molar-refractivity contribution in [1.29, 1.82) is 0 Å². The van der Waals surface area contributed by atoms with Gasteiger partial charge in [0.05, 0.1) is 5.92 Å². The summed E-state index contributed by atoms with van der Waals surface area (Å²) in [6, 6.07) is 0. The molecule has 4 nitrogen and oxygen atoms in total. The first-order valence-corrected chi connectivity index (χ1v) is 3.77. The van der Waals surface area contributed by atoms with Gasteiger partial charge in [-0.25, -0.2) is 0 Å². The summed E-state index contributed by atoms with van der Waals surface area (Å²) in [6.07, 6.45) is 0.848. The van der Waals surface area contributed by atoms with Gasteiger partial charge < -0.3 is 4.79 Å². The molecule has 1 aliphatic rings. The van der Waals surface area contributed by atoms with Crippen LogP contribution in [-0.4, -0.2) is 18.1 Å². The van der Waals surface area contributed by atoms with Crippen LogP contribution in [0.5, 0.6) is 0 Å². The van der Waals surface area contributed by atoms with E-state index in [0.29, 0.717) is 0 Å². The van der Waals surface area contributed by atoms with Crippen LogP contribution in [0, 0.1) is 11.3 Å². The summed E-state index contributed by atoms with van der Waals surface area (Å²) in [7, 11) is 0. The van der Waals surface area contributed by atoms with Crippen molar-refractivity contribution < 1.29 is 14.4 Å². The summed E-state index contributed by atoms with van der Waals surface area (Å²) < 4.78 is 0. The number of rotatable bonds is 2. The number of nitrogens with one attached hydrogen (secondary N) is 1. The zero-order chi connectivity index (χ0) is 9.35. The highest BCUT2D eigenvalue weighted by Crippen LogP contribution is 2.30. The van der Waals surface area contributed by atoms with Crippen LogP contribution in [0.1, 0.15) is 20.3 Å². The van der Waals surface area contributed by atoms with Crippen LogP contribution in [0.3, 0.4) is 0 Å². The molecule has 1 fully saturated rings. The highest BCUT2D eigenvalue weighted by atomic mass is 16.2. The molecule has 4 heteroatoms. The lowest BCUT2D eigenvalue weighted by Gasteiger charge is -2.21. The SMILES string of the molecule is CC(C)(C=O)C1CC(=O)NC1=O. The Kier molecular flexibility index (Phi) is 2.00. The Morgan fingerprint density at radius 2 is 2.08 bits per heavy atom. The van der Waals surface area contributed by atoms with Gasteiger partial charge in [0.1, 0.15) is 6.29 Å². The number of carbonyl (C=O) groups is 3. The first kappa shape index (κ1) is 8.90. The van der Waals surface area contributed by atoms with Gasteiger partial charge >= 0.3 is 0 Å². The fourth-order valence-electron chi connectivity index (χ4n) is 1.24. The van der Waals surface area contributed by atoms with E-state index in [9.17, 15) is 14.4 Å². The van der Waals surface area contributed by atoms with Crippen molar-refractivity contribution in [1.82, 2.24) is 5.32 Å². The quantitative estimate of drug-likeness (QED) is 0.462. The molecule has 0 aromatic heterocycles. The summed E-state index contributed by atoms with van der Waals surface area (Å²) >= 11 is 0. The summed E-state index contributed by atoms with van der Waals surface area (Å²) in [4.78, 5) is 32.5. The van der Waals surface area contributed by atoms with Crippen LogP contribution < -0.4 is 5.32 Å². The predicted octanol–water partition coefficient (Wildman–Crippen LogP) is -0.126. The van der Waals surface area contributed by atoms with Gasteiger partial charge in [-0.1, -0.05) is 13.8 Å². The maximum atomic E-state index is 11.1. The monoisotopic (exact) mass is 169 g/mol. The Hall–Kier alpha value is -1.19. The third kappa shape index (κ3) is 1.37. The van der Waals surface area contributed by atoms with Gasteiger partial charge in [-0.05, 0) is 0 Å². The van der Waals surface area contributed by atoms with E-state index in [2.05, 4.69) is 5.32 Å². The molecule has 0 bridgehead atoms. The molecule has 1 heterocycles. The second-order valence-electron chi connectivity index (χ2n) is 3.61. The predicted molar refractivity (Wildman–Crippen MR) is 41.1 cm³/mol. The zero-order valence-electron chi connectivity index (χ0n) is 7.09. The van der Waals surface area contributed by atoms with Crippen molar-refractivity contribution in [2.24, 2.45) is 11.3 Å². The van der Waals surface area contributed by atoms with Crippen LogP contribution in [0.4, 0.5) is 0 Å². The Labute approximate surface area is 70.3 Å². The fraction of sp³-hybridized carbons (Fsp3) is 0.625. The average Bonchev–Trinajstić information content (AvgIpc) is 2.31. The first-order valence-electron chi connectivity index (χ1n) is 3.77. The van der Waals surface area contributed by atoms with Crippen LogP contribution in [0.15, 0.2) is 0 Å². The molecule has 1 rings (SSSR count). The van der Waals surface area contributed by atoms with Crippen LogP contribution >= 0.6 is 0 Å². The molecule has 2 amide bonds. The van der Waals surface area contributed by atoms with Crippen molar-refractivity contribution in [3.63, 3.8) is 0 Å². The van der Waals surface area contributed by atoms with Crippen LogP contribution in [0.2, 0.25) is 0 Å². The lowest BCUT2D eigenvalue weighted by molar-refractivity contribution is -0.130. The van der Waals surface area contributed by atoms with Gasteiger partial charge in [0, 0.05) is 11.8 Å². The fourth-order valence-corrected chi connectivity index (χ4v) is 1.24. The number of imide groups is 1. The van der Waals surface area contributed by atoms with E-state index in [1.165, 1.54) is 0 Å². The summed E-state index contributed by atoms with van der Waals surface area (Å²) in [6.45, 7) is 3.31. The normalized spacial score (nSPS) is 24.0. The van der Waals surface area contributed by atoms with Crippen molar-refractivity contribution in [3.05, 3.63) is 0 Å². The molecule has 0 spiro atoms. The highest BCUT2D eigenvalue weighted by Gasteiger charge is 2.41. The largest absolute Gasteiger partial charge is 0.303 e. The Balaban J connectivity index is 2.83. The molecular formula is C8H11NO3. The Morgan fingerprint density at radius 1 is 1.50 bits per heavy atom. The molecule has 1 N–H and O–H groups in total. The Morgan fingerprint density at radius 3 is 2.42 bits per heavy atom. The number of aldehydes is 1. The third-order valence-electron chi connectivity index (χ3n) is 2.17. The van der Waals surface area contributed by atoms with Gasteiger partial charge in [0.2, 0.25) is 11.8 Å². The molecule has 1 aliphatic heterocycles. The standard InChI is InChI=1S/C8H11NO3/c1-8(2,4-10)5-3-6(11)9-7(5)12/h4-5H,3H2,1-2H3,(H,9,11,12). The van der Waals surface area contributed by atoms with Crippen LogP contribution in [0.25, 0.3) is 0 Å². The van der Waals surface area contributed by atoms with Crippen molar-refractivity contribution in [2.75, 3.05) is 0 Å². The smallest absolute Gasteiger partial charge is 0.231 e. The number of hydrogen-bond acceptors (Lipinski definition) is 3. The van der Waals surface area contributed by atoms with Gasteiger partial charge in [-0.2, -0.15) is 0 Å². The summed E-state index contributed by atoms with van der Waals surface area (Å²) in [5, 5.41) is 2.17. The minimum absolute atomic E-state index is 0.130. The van der Waals surface area contributed by atoms with Gasteiger partial charge in [0.15, 0.2) is 0 Å².